The molecule has 0 saturated carbocycles. The highest BCUT2D eigenvalue weighted by molar-refractivity contribution is 7.98. The van der Waals surface area contributed by atoms with Gasteiger partial charge in [-0.15, -0.1) is 0 Å². The third-order valence-corrected chi connectivity index (χ3v) is 11.3. The van der Waals surface area contributed by atoms with Gasteiger partial charge in [0.25, 0.3) is 17.8 Å². The van der Waals surface area contributed by atoms with Crippen molar-refractivity contribution in [2.45, 2.75) is 26.3 Å². The third kappa shape index (κ3) is 11.8. The molecule has 3 aromatic heterocycles. The number of hydrogen-bond acceptors (Lipinski definition) is 7. The minimum absolute atomic E-state index is 0.122. The Morgan fingerprint density at radius 1 is 0.800 bits per heavy atom. The first-order chi connectivity index (χ1) is 29.2. The Balaban J connectivity index is 0.00000144. The number of likely N-dealkylation sites (N-methyl/N-ethyl adjacent to an activating group) is 1. The summed E-state index contributed by atoms with van der Waals surface area (Å²) in [4.78, 5) is 57.6. The van der Waals surface area contributed by atoms with E-state index in [1.165, 1.54) is 10.9 Å². The number of rotatable bonds is 16. The number of fused-ring (bicyclic) bond motifs is 2. The predicted molar refractivity (Wildman–Crippen MR) is 241 cm³/mol. The fourth-order valence-electron chi connectivity index (χ4n) is 7.40. The zero-order chi connectivity index (χ0) is 42.3. The van der Waals surface area contributed by atoms with Crippen LogP contribution in [0.3, 0.4) is 0 Å². The first-order valence-corrected chi connectivity index (χ1v) is 21.8. The molecule has 316 valence electrons. The number of aromatic amines is 2. The lowest BCUT2D eigenvalue weighted by Gasteiger charge is -2.37. The van der Waals surface area contributed by atoms with Crippen molar-refractivity contribution in [2.75, 3.05) is 78.0 Å². The number of H-pyrrole nitrogens is 2. The molecule has 0 spiro atoms. The highest BCUT2D eigenvalue weighted by Crippen LogP contribution is 2.22. The Kier molecular flexibility index (Phi) is 15.9. The largest absolute Gasteiger partial charge is 0.481 e. The van der Waals surface area contributed by atoms with Gasteiger partial charge in [-0.2, -0.15) is 11.8 Å². The Morgan fingerprint density at radius 2 is 1.38 bits per heavy atom. The Labute approximate surface area is 355 Å². The van der Waals surface area contributed by atoms with E-state index in [1.807, 2.05) is 72.9 Å². The molecule has 1 fully saturated rings. The van der Waals surface area contributed by atoms with Crippen LogP contribution >= 0.6 is 11.8 Å². The number of carboxylic acid groups (broad SMARTS) is 1. The number of carboxylic acids is 1. The number of nitrogens with one attached hydrogen (secondary N) is 3. The quantitative estimate of drug-likeness (QED) is 0.0489. The van der Waals surface area contributed by atoms with Crippen LogP contribution in [-0.2, 0) is 24.2 Å². The van der Waals surface area contributed by atoms with Crippen molar-refractivity contribution in [3.05, 3.63) is 132 Å². The van der Waals surface area contributed by atoms with Crippen molar-refractivity contribution in [3.63, 3.8) is 0 Å². The molecule has 4 N–H and O–H groups in total. The summed E-state index contributed by atoms with van der Waals surface area (Å²) in [6.45, 7) is 8.11. The molecule has 0 bridgehead atoms. The number of para-hydroxylation sites is 2. The van der Waals surface area contributed by atoms with Gasteiger partial charge in [0.2, 0.25) is 0 Å². The minimum Gasteiger partial charge on any atom is -0.481 e. The van der Waals surface area contributed by atoms with E-state index in [-0.39, 0.29) is 11.8 Å². The van der Waals surface area contributed by atoms with Crippen LogP contribution in [-0.4, -0.2) is 136 Å². The number of amides is 2. The van der Waals surface area contributed by atoms with Crippen LogP contribution in [0.2, 0.25) is 0 Å². The van der Waals surface area contributed by atoms with Crippen molar-refractivity contribution >= 4 is 57.3 Å². The second kappa shape index (κ2) is 21.9. The number of carbonyl (C=O) groups excluding carboxylic acids is 2. The molecule has 3 aromatic carbocycles. The maximum Gasteiger partial charge on any atom is 0.300 e. The Hall–Kier alpha value is -5.99. The highest BCUT2D eigenvalue weighted by Gasteiger charge is 2.26. The van der Waals surface area contributed by atoms with Crippen LogP contribution in [0.15, 0.2) is 113 Å². The van der Waals surface area contributed by atoms with Crippen molar-refractivity contribution in [3.8, 4) is 0 Å². The molecule has 0 radical (unpaired) electrons. The summed E-state index contributed by atoms with van der Waals surface area (Å²) in [6.07, 6.45) is 9.26. The molecular weight excluding hydrogens is 777 g/mol. The normalized spacial score (nSPS) is 13.2. The first-order valence-electron chi connectivity index (χ1n) is 20.4. The van der Waals surface area contributed by atoms with Crippen LogP contribution in [0.25, 0.3) is 21.8 Å². The number of hydrogen-bond donors (Lipinski definition) is 4. The van der Waals surface area contributed by atoms with E-state index < -0.39 is 5.97 Å². The van der Waals surface area contributed by atoms with E-state index in [4.69, 9.17) is 19.3 Å². The number of carbonyl (C=O) groups is 3. The molecule has 13 nitrogen and oxygen atoms in total. The summed E-state index contributed by atoms with van der Waals surface area (Å²) >= 11 is 1.81. The first kappa shape index (κ1) is 43.6. The predicted octanol–water partition coefficient (Wildman–Crippen LogP) is 6.46. The second-order valence-electron chi connectivity index (χ2n) is 14.8. The van der Waals surface area contributed by atoms with E-state index >= 15 is 0 Å². The van der Waals surface area contributed by atoms with Gasteiger partial charge in [0, 0.05) is 113 Å². The van der Waals surface area contributed by atoms with E-state index in [0.717, 1.165) is 85.6 Å². The van der Waals surface area contributed by atoms with Gasteiger partial charge in [0.1, 0.15) is 12.3 Å². The molecular formula is C46H56N8O5S. The number of benzene rings is 3. The molecule has 0 aliphatic carbocycles. The van der Waals surface area contributed by atoms with Crippen molar-refractivity contribution < 1.29 is 23.9 Å². The highest BCUT2D eigenvalue weighted by atomic mass is 32.2. The average Bonchev–Trinajstić information content (AvgIpc) is 4.05. The van der Waals surface area contributed by atoms with Crippen LogP contribution in [0.5, 0.6) is 0 Å². The van der Waals surface area contributed by atoms with Crippen LogP contribution in [0.1, 0.15) is 44.5 Å². The van der Waals surface area contributed by atoms with Gasteiger partial charge in [-0.1, -0.05) is 48.5 Å². The van der Waals surface area contributed by atoms with Crippen LogP contribution in [0, 0.1) is 0 Å². The van der Waals surface area contributed by atoms with Gasteiger partial charge in [0.15, 0.2) is 5.96 Å². The lowest BCUT2D eigenvalue weighted by atomic mass is 10.0. The molecule has 14 heteroatoms. The molecule has 1 aliphatic rings. The SMILES string of the molecule is CC(=O)O.CSCCNC(=NCc1ccco1)N1CCN(CCN(CCc2c[nH]c3ccccc23)C(=O)c2ccccc2C(=O)N(C)CCc2c[nH]c3ccccc23)CC1. The zero-order valence-corrected chi connectivity index (χ0v) is 35.5. The lowest BCUT2D eigenvalue weighted by molar-refractivity contribution is -0.134. The van der Waals surface area contributed by atoms with E-state index in [2.05, 4.69) is 55.6 Å². The third-order valence-electron chi connectivity index (χ3n) is 10.7. The Morgan fingerprint density at radius 3 is 1.98 bits per heavy atom. The second-order valence-corrected chi connectivity index (χ2v) is 15.8. The smallest absolute Gasteiger partial charge is 0.300 e. The number of aliphatic carboxylic acids is 1. The summed E-state index contributed by atoms with van der Waals surface area (Å²) in [5, 5.41) is 13.3. The zero-order valence-electron chi connectivity index (χ0n) is 34.7. The fraction of sp³-hybridized carbons (Fsp3) is 0.348. The molecule has 0 atom stereocenters. The number of aromatic nitrogens is 2. The molecule has 1 saturated heterocycles. The summed E-state index contributed by atoms with van der Waals surface area (Å²) < 4.78 is 5.53. The number of thioether (sulfide) groups is 1. The van der Waals surface area contributed by atoms with Gasteiger partial charge in [-0.3, -0.25) is 19.3 Å². The monoisotopic (exact) mass is 832 g/mol. The van der Waals surface area contributed by atoms with Crippen molar-refractivity contribution in [2.24, 2.45) is 4.99 Å². The summed E-state index contributed by atoms with van der Waals surface area (Å²) in [6, 6.07) is 27.6. The Bertz CT molecular complexity index is 2320. The molecule has 1 aliphatic heterocycles. The number of piperazine rings is 1. The summed E-state index contributed by atoms with van der Waals surface area (Å²) in [5.41, 5.74) is 5.37. The molecule has 6 aromatic rings. The number of aliphatic imine (C=N–C) groups is 1. The van der Waals surface area contributed by atoms with Gasteiger partial charge in [0.05, 0.1) is 17.4 Å². The van der Waals surface area contributed by atoms with Gasteiger partial charge in [-0.05, 0) is 66.6 Å². The molecule has 7 rings (SSSR count). The number of furan rings is 1. The maximum absolute atomic E-state index is 14.6. The van der Waals surface area contributed by atoms with Crippen LogP contribution < -0.4 is 5.32 Å². The van der Waals surface area contributed by atoms with Gasteiger partial charge < -0.3 is 39.5 Å². The van der Waals surface area contributed by atoms with E-state index in [1.54, 1.807) is 35.1 Å². The average molecular weight is 833 g/mol. The molecule has 2 amide bonds. The topological polar surface area (TPSA) is 154 Å². The molecule has 4 heterocycles. The van der Waals surface area contributed by atoms with E-state index in [9.17, 15) is 9.59 Å². The summed E-state index contributed by atoms with van der Waals surface area (Å²) in [5.74, 6) is 1.63. The fourth-order valence-corrected chi connectivity index (χ4v) is 7.71. The van der Waals surface area contributed by atoms with Crippen molar-refractivity contribution in [1.82, 2.24) is 34.9 Å². The van der Waals surface area contributed by atoms with E-state index in [0.29, 0.717) is 50.1 Å². The lowest BCUT2D eigenvalue weighted by Crippen LogP contribution is -2.54. The number of nitrogens with zero attached hydrogens (tertiary/aromatic N) is 5. The molecule has 60 heavy (non-hydrogen) atoms. The van der Waals surface area contributed by atoms with Gasteiger partial charge >= 0.3 is 0 Å². The van der Waals surface area contributed by atoms with Crippen molar-refractivity contribution in [1.29, 1.82) is 0 Å². The minimum atomic E-state index is -0.833. The molecule has 0 unspecified atom stereocenters. The number of guanidine groups is 1. The summed E-state index contributed by atoms with van der Waals surface area (Å²) in [7, 11) is 1.82. The van der Waals surface area contributed by atoms with Gasteiger partial charge in [-0.25, -0.2) is 4.99 Å². The standard InChI is InChI=1S/C44H52N8O3S.C2H4O2/c1-49(20-17-33-30-46-40-15-7-5-11-36(33)40)42(53)38-13-3-4-14-39(38)43(54)51(21-18-34-31-47-41-16-8-6-12-37(34)41)25-22-50-23-26-52(27-24-50)44(45-19-29-56-2)48-32-35-10-9-28-55-35;1-2(3)4/h3-16,28,30-31,46-47H,17-27,29,32H2,1-2H3,(H,45,48);1H3,(H,3,4). The van der Waals surface area contributed by atoms with Crippen LogP contribution in [0.4, 0.5) is 0 Å². The maximum atomic E-state index is 14.6.